The summed E-state index contributed by atoms with van der Waals surface area (Å²) >= 11 is 5.81. The Kier molecular flexibility index (Phi) is 3.56. The highest BCUT2D eigenvalue weighted by Crippen LogP contribution is 2.23. The van der Waals surface area contributed by atoms with Crippen LogP contribution in [0.3, 0.4) is 0 Å². The van der Waals surface area contributed by atoms with Gasteiger partial charge in [-0.05, 0) is 18.6 Å². The molecule has 2 N–H and O–H groups in total. The van der Waals surface area contributed by atoms with Crippen molar-refractivity contribution in [2.75, 3.05) is 0 Å². The van der Waals surface area contributed by atoms with Gasteiger partial charge in [0.2, 0.25) is 5.88 Å². The van der Waals surface area contributed by atoms with Gasteiger partial charge in [0, 0.05) is 30.6 Å². The number of rotatable bonds is 3. The van der Waals surface area contributed by atoms with Crippen molar-refractivity contribution in [3.05, 3.63) is 47.4 Å². The fraction of sp³-hybridized carbons (Fsp3) is 0.167. The van der Waals surface area contributed by atoms with E-state index in [9.17, 15) is 0 Å². The minimum absolute atomic E-state index is 0.0576. The van der Waals surface area contributed by atoms with Gasteiger partial charge in [-0.15, -0.1) is 0 Å². The lowest BCUT2D eigenvalue weighted by Gasteiger charge is -2.08. The summed E-state index contributed by atoms with van der Waals surface area (Å²) in [6, 6.07) is 5.27. The topological polar surface area (TPSA) is 61.0 Å². The van der Waals surface area contributed by atoms with Crippen LogP contribution < -0.4 is 10.5 Å². The molecule has 0 unspecified atom stereocenters. The van der Waals surface area contributed by atoms with E-state index in [1.807, 2.05) is 13.0 Å². The molecule has 17 heavy (non-hydrogen) atoms. The number of aromatic nitrogens is 2. The largest absolute Gasteiger partial charge is 0.437 e. The quantitative estimate of drug-likeness (QED) is 0.909. The predicted octanol–water partition coefficient (Wildman–Crippen LogP) is 2.94. The van der Waals surface area contributed by atoms with Crippen molar-refractivity contribution < 1.29 is 4.74 Å². The van der Waals surface area contributed by atoms with Gasteiger partial charge in [0.15, 0.2) is 0 Å². The third-order valence-electron chi connectivity index (χ3n) is 2.19. The molecule has 2 rings (SSSR count). The highest BCUT2D eigenvalue weighted by molar-refractivity contribution is 6.30. The van der Waals surface area contributed by atoms with Crippen molar-refractivity contribution >= 4 is 11.6 Å². The second-order valence-electron chi connectivity index (χ2n) is 3.66. The summed E-state index contributed by atoms with van der Waals surface area (Å²) in [7, 11) is 0. The lowest BCUT2D eigenvalue weighted by atomic mass is 10.1. The van der Waals surface area contributed by atoms with Crippen LogP contribution in [0.1, 0.15) is 18.5 Å². The molecule has 0 aliphatic rings. The van der Waals surface area contributed by atoms with E-state index in [1.165, 1.54) is 0 Å². The van der Waals surface area contributed by atoms with Crippen LogP contribution in [0, 0.1) is 0 Å². The van der Waals surface area contributed by atoms with Gasteiger partial charge in [-0.2, -0.15) is 0 Å². The lowest BCUT2D eigenvalue weighted by molar-refractivity contribution is 0.459. The van der Waals surface area contributed by atoms with Gasteiger partial charge in [-0.1, -0.05) is 11.6 Å². The van der Waals surface area contributed by atoms with E-state index < -0.39 is 0 Å². The van der Waals surface area contributed by atoms with Crippen LogP contribution in [-0.4, -0.2) is 9.97 Å². The van der Waals surface area contributed by atoms with Crippen molar-refractivity contribution in [3.63, 3.8) is 0 Å². The van der Waals surface area contributed by atoms with Crippen molar-refractivity contribution in [3.8, 4) is 11.6 Å². The molecule has 5 heteroatoms. The molecule has 0 amide bonds. The number of pyridine rings is 2. The Hall–Kier alpha value is -1.65. The van der Waals surface area contributed by atoms with Crippen LogP contribution in [0.4, 0.5) is 0 Å². The summed E-state index contributed by atoms with van der Waals surface area (Å²) < 4.78 is 5.54. The van der Waals surface area contributed by atoms with Crippen LogP contribution >= 0.6 is 11.6 Å². The molecule has 2 aromatic rings. The summed E-state index contributed by atoms with van der Waals surface area (Å²) in [5.41, 5.74) is 6.75. The van der Waals surface area contributed by atoms with Gasteiger partial charge < -0.3 is 10.5 Å². The fourth-order valence-corrected chi connectivity index (χ4v) is 1.50. The maximum absolute atomic E-state index is 5.81. The third kappa shape index (κ3) is 3.15. The summed E-state index contributed by atoms with van der Waals surface area (Å²) in [4.78, 5) is 8.03. The summed E-state index contributed by atoms with van der Waals surface area (Å²) in [6.07, 6.45) is 4.78. The van der Waals surface area contributed by atoms with Crippen LogP contribution in [0.15, 0.2) is 36.8 Å². The first-order valence-electron chi connectivity index (χ1n) is 5.15. The molecule has 2 heterocycles. The summed E-state index contributed by atoms with van der Waals surface area (Å²) in [6.45, 7) is 1.90. The second-order valence-corrected chi connectivity index (χ2v) is 4.09. The standard InChI is InChI=1S/C12H12ClN3O/c1-8(14)9-2-3-16-12(4-9)17-11-5-10(13)6-15-7-11/h2-8H,14H2,1H3/t8-/m1/s1. The molecule has 0 aliphatic heterocycles. The molecule has 0 radical (unpaired) electrons. The molecule has 0 aromatic carbocycles. The van der Waals surface area contributed by atoms with Crippen molar-refractivity contribution in [1.29, 1.82) is 0 Å². The zero-order valence-corrected chi connectivity index (χ0v) is 10.1. The maximum atomic E-state index is 5.81. The number of hydrogen-bond donors (Lipinski definition) is 1. The van der Waals surface area contributed by atoms with E-state index >= 15 is 0 Å². The first kappa shape index (κ1) is 11.8. The normalized spacial score (nSPS) is 12.2. The first-order valence-corrected chi connectivity index (χ1v) is 5.53. The Labute approximate surface area is 104 Å². The maximum Gasteiger partial charge on any atom is 0.219 e. The molecule has 4 nitrogen and oxygen atoms in total. The number of halogens is 1. The van der Waals surface area contributed by atoms with E-state index in [4.69, 9.17) is 22.1 Å². The van der Waals surface area contributed by atoms with Crippen LogP contribution in [0.25, 0.3) is 0 Å². The smallest absolute Gasteiger partial charge is 0.219 e. The average molecular weight is 250 g/mol. The minimum Gasteiger partial charge on any atom is -0.437 e. The molecule has 0 spiro atoms. The molecule has 0 fully saturated rings. The van der Waals surface area contributed by atoms with E-state index in [-0.39, 0.29) is 6.04 Å². The monoisotopic (exact) mass is 249 g/mol. The van der Waals surface area contributed by atoms with Crippen molar-refractivity contribution in [2.24, 2.45) is 5.73 Å². The molecule has 0 bridgehead atoms. The Morgan fingerprint density at radius 1 is 1.35 bits per heavy atom. The van der Waals surface area contributed by atoms with Gasteiger partial charge in [0.1, 0.15) is 5.75 Å². The SMILES string of the molecule is C[C@@H](N)c1ccnc(Oc2cncc(Cl)c2)c1. The van der Waals surface area contributed by atoms with Gasteiger partial charge in [-0.25, -0.2) is 4.98 Å². The summed E-state index contributed by atoms with van der Waals surface area (Å²) in [5.74, 6) is 1.02. The van der Waals surface area contributed by atoms with E-state index in [2.05, 4.69) is 9.97 Å². The van der Waals surface area contributed by atoms with Gasteiger partial charge in [0.05, 0.1) is 11.2 Å². The number of nitrogens with zero attached hydrogens (tertiary/aromatic N) is 2. The van der Waals surface area contributed by atoms with E-state index in [0.717, 1.165) is 5.56 Å². The number of hydrogen-bond acceptors (Lipinski definition) is 4. The minimum atomic E-state index is -0.0576. The van der Waals surface area contributed by atoms with Crippen LogP contribution in [0.2, 0.25) is 5.02 Å². The molecule has 2 aromatic heterocycles. The Morgan fingerprint density at radius 3 is 2.88 bits per heavy atom. The highest BCUT2D eigenvalue weighted by atomic mass is 35.5. The fourth-order valence-electron chi connectivity index (χ4n) is 1.33. The Morgan fingerprint density at radius 2 is 2.18 bits per heavy atom. The third-order valence-corrected chi connectivity index (χ3v) is 2.39. The van der Waals surface area contributed by atoms with Crippen molar-refractivity contribution in [2.45, 2.75) is 13.0 Å². The average Bonchev–Trinajstić information content (AvgIpc) is 2.29. The Bertz CT molecular complexity index is 517. The molecule has 1 atom stereocenters. The van der Waals surface area contributed by atoms with E-state index in [0.29, 0.717) is 16.7 Å². The van der Waals surface area contributed by atoms with Crippen LogP contribution in [-0.2, 0) is 0 Å². The number of nitrogens with two attached hydrogens (primary N) is 1. The predicted molar refractivity (Wildman–Crippen MR) is 66.2 cm³/mol. The van der Waals surface area contributed by atoms with Gasteiger partial charge in [-0.3, -0.25) is 4.98 Å². The highest BCUT2D eigenvalue weighted by Gasteiger charge is 2.04. The zero-order chi connectivity index (χ0) is 12.3. The zero-order valence-electron chi connectivity index (χ0n) is 9.30. The van der Waals surface area contributed by atoms with E-state index in [1.54, 1.807) is 30.7 Å². The first-order chi connectivity index (χ1) is 8.15. The summed E-state index contributed by atoms with van der Waals surface area (Å²) in [5, 5.41) is 0.519. The lowest BCUT2D eigenvalue weighted by Crippen LogP contribution is -2.05. The molecule has 0 aliphatic carbocycles. The molecular weight excluding hydrogens is 238 g/mol. The molecule has 0 saturated heterocycles. The van der Waals surface area contributed by atoms with Crippen LogP contribution in [0.5, 0.6) is 11.6 Å². The molecule has 0 saturated carbocycles. The van der Waals surface area contributed by atoms with Gasteiger partial charge in [0.25, 0.3) is 0 Å². The molecular formula is C12H12ClN3O. The van der Waals surface area contributed by atoms with Gasteiger partial charge >= 0.3 is 0 Å². The van der Waals surface area contributed by atoms with Crippen molar-refractivity contribution in [1.82, 2.24) is 9.97 Å². The second kappa shape index (κ2) is 5.12. The number of ether oxygens (including phenoxy) is 1. The Balaban J connectivity index is 2.21. The molecule has 88 valence electrons.